The number of thiophene rings is 1. The fourth-order valence-electron chi connectivity index (χ4n) is 2.68. The maximum atomic E-state index is 12.3. The first kappa shape index (κ1) is 11.8. The van der Waals surface area contributed by atoms with Crippen molar-refractivity contribution in [3.05, 3.63) is 20.3 Å². The van der Waals surface area contributed by atoms with Crippen LogP contribution in [0.4, 0.5) is 0 Å². The number of carbonyl (C=O) groups excluding carboxylic acids is 1. The molecule has 2 aliphatic heterocycles. The second-order valence-corrected chi connectivity index (χ2v) is 6.91. The molecule has 3 nitrogen and oxygen atoms in total. The fourth-order valence-corrected chi connectivity index (χ4v) is 4.13. The third-order valence-electron chi connectivity index (χ3n) is 3.56. The van der Waals surface area contributed by atoms with Gasteiger partial charge in [-0.2, -0.15) is 0 Å². The second-order valence-electron chi connectivity index (χ2n) is 4.63. The van der Waals surface area contributed by atoms with E-state index in [2.05, 4.69) is 5.32 Å². The molecule has 0 aliphatic carbocycles. The minimum absolute atomic E-state index is 0.0209. The molecule has 3 rings (SSSR count). The molecular weight excluding hydrogens is 279 g/mol. The zero-order valence-electron chi connectivity index (χ0n) is 9.08. The molecule has 0 radical (unpaired) electrons. The minimum atomic E-state index is 0.0209. The van der Waals surface area contributed by atoms with Crippen molar-refractivity contribution < 1.29 is 4.79 Å². The van der Waals surface area contributed by atoms with Crippen LogP contribution >= 0.6 is 34.5 Å². The van der Waals surface area contributed by atoms with Crippen LogP contribution in [0, 0.1) is 11.8 Å². The normalized spacial score (nSPS) is 27.5. The van der Waals surface area contributed by atoms with Crippen molar-refractivity contribution in [2.45, 2.75) is 0 Å². The number of carbonyl (C=O) groups is 1. The Morgan fingerprint density at radius 2 is 2.00 bits per heavy atom. The first-order valence-corrected chi connectivity index (χ1v) is 7.17. The summed E-state index contributed by atoms with van der Waals surface area (Å²) in [6.45, 7) is 3.71. The van der Waals surface area contributed by atoms with Crippen molar-refractivity contribution >= 4 is 40.4 Å². The number of amides is 1. The Kier molecular flexibility index (Phi) is 3.07. The molecule has 1 amide bonds. The summed E-state index contributed by atoms with van der Waals surface area (Å²) in [5.41, 5.74) is 0.551. The Morgan fingerprint density at radius 3 is 2.53 bits per heavy atom. The molecule has 2 aliphatic rings. The molecule has 6 heteroatoms. The quantitative estimate of drug-likeness (QED) is 0.861. The predicted molar refractivity (Wildman–Crippen MR) is 70.1 cm³/mol. The largest absolute Gasteiger partial charge is 0.338 e. The molecule has 3 heterocycles. The molecule has 0 bridgehead atoms. The summed E-state index contributed by atoms with van der Waals surface area (Å²) in [5, 5.41) is 3.36. The van der Waals surface area contributed by atoms with E-state index in [9.17, 15) is 4.79 Å². The van der Waals surface area contributed by atoms with E-state index in [1.807, 2.05) is 4.90 Å². The maximum Gasteiger partial charge on any atom is 0.256 e. The summed E-state index contributed by atoms with van der Waals surface area (Å²) < 4.78 is 1.06. The van der Waals surface area contributed by atoms with Gasteiger partial charge in [0.05, 0.1) is 9.90 Å². The highest BCUT2D eigenvalue weighted by atomic mass is 35.5. The second kappa shape index (κ2) is 4.43. The number of halogens is 2. The van der Waals surface area contributed by atoms with Crippen LogP contribution in [0.2, 0.25) is 8.67 Å². The highest BCUT2D eigenvalue weighted by molar-refractivity contribution is 7.20. The van der Waals surface area contributed by atoms with Crippen molar-refractivity contribution in [2.24, 2.45) is 11.8 Å². The van der Waals surface area contributed by atoms with Gasteiger partial charge in [0.2, 0.25) is 0 Å². The van der Waals surface area contributed by atoms with Crippen LogP contribution in [0.3, 0.4) is 0 Å². The van der Waals surface area contributed by atoms with E-state index in [0.717, 1.165) is 26.2 Å². The third kappa shape index (κ3) is 2.08. The maximum absolute atomic E-state index is 12.3. The lowest BCUT2D eigenvalue weighted by molar-refractivity contribution is 0.0782. The molecule has 2 atom stereocenters. The molecule has 1 aromatic heterocycles. The van der Waals surface area contributed by atoms with Crippen molar-refractivity contribution in [1.29, 1.82) is 0 Å². The number of hydrogen-bond acceptors (Lipinski definition) is 3. The van der Waals surface area contributed by atoms with Crippen molar-refractivity contribution in [3.8, 4) is 0 Å². The Hall–Kier alpha value is -0.290. The van der Waals surface area contributed by atoms with Crippen molar-refractivity contribution in [2.75, 3.05) is 26.2 Å². The van der Waals surface area contributed by atoms with E-state index in [0.29, 0.717) is 26.1 Å². The standard InChI is InChI=1S/C11H12Cl2N2OS/c12-9-1-8(10(13)17-9)11(16)15-4-6-2-14-3-7(6)5-15/h1,6-7,14H,2-5H2/t6-,7+. The Bertz CT molecular complexity index is 450. The van der Waals surface area contributed by atoms with E-state index < -0.39 is 0 Å². The lowest BCUT2D eigenvalue weighted by atomic mass is 10.0. The molecule has 92 valence electrons. The highest BCUT2D eigenvalue weighted by Crippen LogP contribution is 2.34. The highest BCUT2D eigenvalue weighted by Gasteiger charge is 2.38. The lowest BCUT2D eigenvalue weighted by Gasteiger charge is -2.16. The molecule has 0 spiro atoms. The molecule has 1 aromatic rings. The predicted octanol–water partition coefficient (Wildman–Crippen LogP) is 2.35. The SMILES string of the molecule is O=C(c1cc(Cl)sc1Cl)N1C[C@H]2CNC[C@H]2C1. The van der Waals surface area contributed by atoms with Gasteiger partial charge >= 0.3 is 0 Å². The number of hydrogen-bond donors (Lipinski definition) is 1. The van der Waals surface area contributed by atoms with Gasteiger partial charge in [-0.3, -0.25) is 4.79 Å². The molecule has 0 saturated carbocycles. The summed E-state index contributed by atoms with van der Waals surface area (Å²) in [6.07, 6.45) is 0. The lowest BCUT2D eigenvalue weighted by Crippen LogP contribution is -2.31. The van der Waals surface area contributed by atoms with E-state index >= 15 is 0 Å². The average Bonchev–Trinajstić information content (AvgIpc) is 2.90. The zero-order valence-corrected chi connectivity index (χ0v) is 11.4. The molecule has 0 unspecified atom stereocenters. The molecule has 17 heavy (non-hydrogen) atoms. The van der Waals surface area contributed by atoms with Crippen LogP contribution < -0.4 is 5.32 Å². The van der Waals surface area contributed by atoms with E-state index in [1.54, 1.807) is 6.07 Å². The van der Waals surface area contributed by atoms with Crippen molar-refractivity contribution in [3.63, 3.8) is 0 Å². The van der Waals surface area contributed by atoms with Crippen LogP contribution in [-0.4, -0.2) is 37.0 Å². The van der Waals surface area contributed by atoms with Crippen LogP contribution in [0.1, 0.15) is 10.4 Å². The van der Waals surface area contributed by atoms with E-state index in [4.69, 9.17) is 23.2 Å². The van der Waals surface area contributed by atoms with Crippen LogP contribution in [0.25, 0.3) is 0 Å². The fraction of sp³-hybridized carbons (Fsp3) is 0.545. The van der Waals surface area contributed by atoms with Gasteiger partial charge in [0.25, 0.3) is 5.91 Å². The van der Waals surface area contributed by atoms with Gasteiger partial charge in [0.1, 0.15) is 4.34 Å². The van der Waals surface area contributed by atoms with Crippen LogP contribution in [0.5, 0.6) is 0 Å². The van der Waals surface area contributed by atoms with Crippen LogP contribution in [-0.2, 0) is 0 Å². The zero-order chi connectivity index (χ0) is 12.0. The van der Waals surface area contributed by atoms with Crippen molar-refractivity contribution in [1.82, 2.24) is 10.2 Å². The summed E-state index contributed by atoms with van der Waals surface area (Å²) in [7, 11) is 0. The first-order valence-electron chi connectivity index (χ1n) is 5.60. The van der Waals surface area contributed by atoms with Crippen LogP contribution in [0.15, 0.2) is 6.07 Å². The summed E-state index contributed by atoms with van der Waals surface area (Å²) in [6, 6.07) is 1.67. The molecule has 1 N–H and O–H groups in total. The summed E-state index contributed by atoms with van der Waals surface area (Å²) in [4.78, 5) is 14.2. The molecular formula is C11H12Cl2N2OS. The number of nitrogens with zero attached hydrogens (tertiary/aromatic N) is 1. The monoisotopic (exact) mass is 290 g/mol. The average molecular weight is 291 g/mol. The Balaban J connectivity index is 1.77. The minimum Gasteiger partial charge on any atom is -0.338 e. The van der Waals surface area contributed by atoms with Gasteiger partial charge in [-0.05, 0) is 17.9 Å². The third-order valence-corrected chi connectivity index (χ3v) is 5.05. The first-order chi connectivity index (χ1) is 8.15. The number of fused-ring (bicyclic) bond motifs is 1. The topological polar surface area (TPSA) is 32.3 Å². The van der Waals surface area contributed by atoms with Gasteiger partial charge in [-0.15, -0.1) is 11.3 Å². The van der Waals surface area contributed by atoms with Gasteiger partial charge < -0.3 is 10.2 Å². The summed E-state index contributed by atoms with van der Waals surface area (Å²) >= 11 is 13.1. The van der Waals surface area contributed by atoms with Gasteiger partial charge in [-0.25, -0.2) is 0 Å². The molecule has 0 aromatic carbocycles. The summed E-state index contributed by atoms with van der Waals surface area (Å²) in [5.74, 6) is 1.23. The Labute approximate surface area is 114 Å². The van der Waals surface area contributed by atoms with Gasteiger partial charge in [-0.1, -0.05) is 23.2 Å². The van der Waals surface area contributed by atoms with Gasteiger partial charge in [0.15, 0.2) is 0 Å². The molecule has 2 fully saturated rings. The Morgan fingerprint density at radius 1 is 1.35 bits per heavy atom. The smallest absolute Gasteiger partial charge is 0.256 e. The van der Waals surface area contributed by atoms with Gasteiger partial charge in [0, 0.05) is 26.2 Å². The molecule has 2 saturated heterocycles. The van der Waals surface area contributed by atoms with E-state index in [-0.39, 0.29) is 5.91 Å². The van der Waals surface area contributed by atoms with E-state index in [1.165, 1.54) is 11.3 Å². The number of nitrogens with one attached hydrogen (secondary N) is 1. The number of likely N-dealkylation sites (tertiary alicyclic amines) is 1. The number of rotatable bonds is 1.